The first-order chi connectivity index (χ1) is 13.5. The van der Waals surface area contributed by atoms with Crippen molar-refractivity contribution < 1.29 is 13.6 Å². The lowest BCUT2D eigenvalue weighted by molar-refractivity contribution is -0.135. The lowest BCUT2D eigenvalue weighted by atomic mass is 10.2. The van der Waals surface area contributed by atoms with Crippen LogP contribution in [-0.2, 0) is 11.3 Å². The molecule has 6 nitrogen and oxygen atoms in total. The summed E-state index contributed by atoms with van der Waals surface area (Å²) in [6.45, 7) is 6.86. The van der Waals surface area contributed by atoms with Gasteiger partial charge in [0, 0.05) is 58.4 Å². The van der Waals surface area contributed by atoms with Crippen LogP contribution >= 0.6 is 24.0 Å². The smallest absolute Gasteiger partial charge is 0.239 e. The van der Waals surface area contributed by atoms with Gasteiger partial charge in [0.15, 0.2) is 5.96 Å². The van der Waals surface area contributed by atoms with E-state index in [2.05, 4.69) is 20.1 Å². The summed E-state index contributed by atoms with van der Waals surface area (Å²) in [4.78, 5) is 23.1. The molecule has 0 radical (unpaired) electrons. The molecule has 3 rings (SSSR count). The van der Waals surface area contributed by atoms with E-state index in [9.17, 15) is 13.6 Å². The van der Waals surface area contributed by atoms with E-state index < -0.39 is 11.6 Å². The minimum atomic E-state index is -0.460. The number of likely N-dealkylation sites (tertiary alicyclic amines) is 1. The number of piperazine rings is 1. The molecule has 162 valence electrons. The Hall–Kier alpha value is -1.49. The Labute approximate surface area is 188 Å². The Balaban J connectivity index is 0.00000300. The Kier molecular flexibility index (Phi) is 9.06. The van der Waals surface area contributed by atoms with Crippen molar-refractivity contribution >= 4 is 35.8 Å². The molecule has 2 aliphatic heterocycles. The third kappa shape index (κ3) is 6.00. The first-order valence-corrected chi connectivity index (χ1v) is 9.92. The molecule has 2 fully saturated rings. The molecule has 1 atom stereocenters. The molecule has 2 heterocycles. The molecule has 1 amide bonds. The molecular formula is C20H30F2IN5O. The molecule has 1 aromatic carbocycles. The van der Waals surface area contributed by atoms with Gasteiger partial charge in [0.05, 0.1) is 6.04 Å². The summed E-state index contributed by atoms with van der Waals surface area (Å²) in [6, 6.07) is 3.32. The predicted molar refractivity (Wildman–Crippen MR) is 120 cm³/mol. The van der Waals surface area contributed by atoms with Gasteiger partial charge in [-0.15, -0.1) is 24.0 Å². The summed E-state index contributed by atoms with van der Waals surface area (Å²) in [5, 5.41) is 3.11. The summed E-state index contributed by atoms with van der Waals surface area (Å²) in [7, 11) is 1.68. The molecule has 0 spiro atoms. The molecule has 1 N–H and O–H groups in total. The summed E-state index contributed by atoms with van der Waals surface area (Å²) >= 11 is 0. The van der Waals surface area contributed by atoms with Crippen LogP contribution in [0.1, 0.15) is 25.3 Å². The molecule has 0 aliphatic carbocycles. The van der Waals surface area contributed by atoms with Crippen LogP contribution in [0.3, 0.4) is 0 Å². The summed E-state index contributed by atoms with van der Waals surface area (Å²) in [6.07, 6.45) is 2.19. The van der Waals surface area contributed by atoms with Gasteiger partial charge in [-0.25, -0.2) is 8.78 Å². The first kappa shape index (κ1) is 23.8. The summed E-state index contributed by atoms with van der Waals surface area (Å²) in [5.41, 5.74) is 0.268. The van der Waals surface area contributed by atoms with Crippen LogP contribution in [0.5, 0.6) is 0 Å². The fourth-order valence-electron chi connectivity index (χ4n) is 3.86. The number of rotatable bonds is 4. The molecule has 9 heteroatoms. The molecule has 2 saturated heterocycles. The van der Waals surface area contributed by atoms with E-state index in [1.807, 2.05) is 11.8 Å². The number of nitrogens with zero attached hydrogens (tertiary/aromatic N) is 4. The highest BCUT2D eigenvalue weighted by atomic mass is 127. The zero-order valence-corrected chi connectivity index (χ0v) is 19.4. The SMILES string of the molecule is CN=C(NCc1cc(F)ccc1F)N1CCN(C(C)C(=O)N2CCCC2)CC1.I. The highest BCUT2D eigenvalue weighted by Gasteiger charge is 2.30. The summed E-state index contributed by atoms with van der Waals surface area (Å²) < 4.78 is 27.1. The standard InChI is InChI=1S/C20H29F2N5O.HI/c1-15(19(28)26-7-3-4-8-26)25-9-11-27(12-10-25)20(23-2)24-14-16-13-17(21)5-6-18(16)22;/h5-6,13,15H,3-4,7-12,14H2,1-2H3,(H,23,24);1H. The van der Waals surface area contributed by atoms with E-state index in [1.165, 1.54) is 6.07 Å². The van der Waals surface area contributed by atoms with E-state index in [-0.39, 0.29) is 48.0 Å². The van der Waals surface area contributed by atoms with Gasteiger partial charge < -0.3 is 15.1 Å². The number of hydrogen-bond acceptors (Lipinski definition) is 3. The molecular weight excluding hydrogens is 491 g/mol. The molecule has 0 saturated carbocycles. The maximum Gasteiger partial charge on any atom is 0.239 e. The van der Waals surface area contributed by atoms with Gasteiger partial charge in [0.1, 0.15) is 11.6 Å². The molecule has 29 heavy (non-hydrogen) atoms. The maximum absolute atomic E-state index is 13.8. The van der Waals surface area contributed by atoms with Gasteiger partial charge in [0.2, 0.25) is 5.91 Å². The predicted octanol–water partition coefficient (Wildman–Crippen LogP) is 2.29. The van der Waals surface area contributed by atoms with E-state index in [0.717, 1.165) is 64.2 Å². The Morgan fingerprint density at radius 2 is 1.76 bits per heavy atom. The van der Waals surface area contributed by atoms with Gasteiger partial charge in [-0.3, -0.25) is 14.7 Å². The van der Waals surface area contributed by atoms with E-state index in [4.69, 9.17) is 0 Å². The number of nitrogens with one attached hydrogen (secondary N) is 1. The Morgan fingerprint density at radius 1 is 1.10 bits per heavy atom. The van der Waals surface area contributed by atoms with E-state index in [0.29, 0.717) is 5.96 Å². The normalized spacial score (nSPS) is 19.1. The van der Waals surface area contributed by atoms with Gasteiger partial charge >= 0.3 is 0 Å². The average Bonchev–Trinajstić information content (AvgIpc) is 3.25. The lowest BCUT2D eigenvalue weighted by Crippen LogP contribution is -2.57. The Morgan fingerprint density at radius 3 is 2.38 bits per heavy atom. The number of amides is 1. The Bertz CT molecular complexity index is 719. The molecule has 1 aromatic rings. The number of halogens is 3. The van der Waals surface area contributed by atoms with Crippen LogP contribution in [0.4, 0.5) is 8.78 Å². The van der Waals surface area contributed by atoms with Gasteiger partial charge in [-0.1, -0.05) is 0 Å². The largest absolute Gasteiger partial charge is 0.352 e. The monoisotopic (exact) mass is 521 g/mol. The van der Waals surface area contributed by atoms with Crippen molar-refractivity contribution in [1.29, 1.82) is 0 Å². The van der Waals surface area contributed by atoms with Crippen molar-refractivity contribution in [3.8, 4) is 0 Å². The van der Waals surface area contributed by atoms with E-state index >= 15 is 0 Å². The topological polar surface area (TPSA) is 51.2 Å². The average molecular weight is 521 g/mol. The first-order valence-electron chi connectivity index (χ1n) is 9.92. The second-order valence-electron chi connectivity index (χ2n) is 7.37. The number of carbonyl (C=O) groups excluding carboxylic acids is 1. The maximum atomic E-state index is 13.8. The second-order valence-corrected chi connectivity index (χ2v) is 7.37. The fraction of sp³-hybridized carbons (Fsp3) is 0.600. The van der Waals surface area contributed by atoms with Crippen LogP contribution in [-0.4, -0.2) is 78.9 Å². The number of carbonyl (C=O) groups is 1. The number of guanidine groups is 1. The summed E-state index contributed by atoms with van der Waals surface area (Å²) in [5.74, 6) is -0.0289. The van der Waals surface area contributed by atoms with Crippen molar-refractivity contribution in [2.45, 2.75) is 32.4 Å². The van der Waals surface area contributed by atoms with Crippen LogP contribution in [0.25, 0.3) is 0 Å². The highest BCUT2D eigenvalue weighted by molar-refractivity contribution is 14.0. The van der Waals surface area contributed by atoms with Crippen molar-refractivity contribution in [2.75, 3.05) is 46.3 Å². The highest BCUT2D eigenvalue weighted by Crippen LogP contribution is 2.14. The lowest BCUT2D eigenvalue weighted by Gasteiger charge is -2.39. The van der Waals surface area contributed by atoms with Crippen molar-refractivity contribution in [1.82, 2.24) is 20.0 Å². The zero-order chi connectivity index (χ0) is 20.1. The zero-order valence-electron chi connectivity index (χ0n) is 17.0. The van der Waals surface area contributed by atoms with Crippen LogP contribution in [0.2, 0.25) is 0 Å². The number of hydrogen-bond donors (Lipinski definition) is 1. The second kappa shape index (κ2) is 11.1. The number of benzene rings is 1. The number of aliphatic imine (C=N–C) groups is 1. The van der Waals surface area contributed by atoms with Gasteiger partial charge in [-0.2, -0.15) is 0 Å². The van der Waals surface area contributed by atoms with Crippen molar-refractivity contribution in [2.24, 2.45) is 4.99 Å². The van der Waals surface area contributed by atoms with E-state index in [1.54, 1.807) is 7.05 Å². The van der Waals surface area contributed by atoms with Crippen molar-refractivity contribution in [3.63, 3.8) is 0 Å². The van der Waals surface area contributed by atoms with Crippen LogP contribution in [0.15, 0.2) is 23.2 Å². The fourth-order valence-corrected chi connectivity index (χ4v) is 3.86. The van der Waals surface area contributed by atoms with Gasteiger partial charge in [-0.05, 0) is 38.0 Å². The molecule has 0 aromatic heterocycles. The molecule has 2 aliphatic rings. The minimum absolute atomic E-state index is 0. The van der Waals surface area contributed by atoms with Crippen LogP contribution in [0, 0.1) is 11.6 Å². The third-order valence-corrected chi connectivity index (χ3v) is 5.59. The quantitative estimate of drug-likeness (QED) is 0.376. The minimum Gasteiger partial charge on any atom is -0.352 e. The third-order valence-electron chi connectivity index (χ3n) is 5.59. The van der Waals surface area contributed by atoms with Crippen LogP contribution < -0.4 is 5.32 Å². The van der Waals surface area contributed by atoms with Crippen molar-refractivity contribution in [3.05, 3.63) is 35.4 Å². The van der Waals surface area contributed by atoms with Gasteiger partial charge in [0.25, 0.3) is 0 Å². The molecule has 0 bridgehead atoms. The molecule has 1 unspecified atom stereocenters.